The SMILES string of the molecule is CCN(Cc1cccs1)[C@H](C)C(=O)N1CCC(C(N)=O)CC1. The first-order chi connectivity index (χ1) is 10.5. The van der Waals surface area contributed by atoms with Crippen molar-refractivity contribution in [1.82, 2.24) is 9.80 Å². The lowest BCUT2D eigenvalue weighted by molar-refractivity contribution is -0.139. The summed E-state index contributed by atoms with van der Waals surface area (Å²) in [5, 5.41) is 2.06. The van der Waals surface area contributed by atoms with Crippen LogP contribution < -0.4 is 5.73 Å². The third-order valence-corrected chi connectivity index (χ3v) is 5.32. The number of hydrogen-bond donors (Lipinski definition) is 1. The molecule has 122 valence electrons. The van der Waals surface area contributed by atoms with E-state index in [1.165, 1.54) is 4.88 Å². The summed E-state index contributed by atoms with van der Waals surface area (Å²) in [7, 11) is 0. The average Bonchev–Trinajstić information content (AvgIpc) is 3.04. The number of nitrogens with zero attached hydrogens (tertiary/aromatic N) is 2. The second-order valence-electron chi connectivity index (χ2n) is 5.82. The zero-order chi connectivity index (χ0) is 16.1. The van der Waals surface area contributed by atoms with Gasteiger partial charge in [0.25, 0.3) is 0 Å². The van der Waals surface area contributed by atoms with Crippen molar-refractivity contribution in [1.29, 1.82) is 0 Å². The Morgan fingerprint density at radius 3 is 2.64 bits per heavy atom. The molecule has 22 heavy (non-hydrogen) atoms. The number of rotatable bonds is 6. The van der Waals surface area contributed by atoms with Crippen molar-refractivity contribution in [3.8, 4) is 0 Å². The van der Waals surface area contributed by atoms with Crippen LogP contribution in [0.4, 0.5) is 0 Å². The molecule has 2 N–H and O–H groups in total. The van der Waals surface area contributed by atoms with E-state index in [0.717, 1.165) is 13.1 Å². The van der Waals surface area contributed by atoms with E-state index in [2.05, 4.69) is 23.3 Å². The molecule has 1 aliphatic heterocycles. The second-order valence-corrected chi connectivity index (χ2v) is 6.85. The van der Waals surface area contributed by atoms with Crippen molar-refractivity contribution in [2.24, 2.45) is 11.7 Å². The van der Waals surface area contributed by atoms with Gasteiger partial charge in [-0.2, -0.15) is 0 Å². The molecule has 0 aromatic carbocycles. The largest absolute Gasteiger partial charge is 0.369 e. The molecule has 1 fully saturated rings. The summed E-state index contributed by atoms with van der Waals surface area (Å²) < 4.78 is 0. The molecule has 1 atom stereocenters. The standard InChI is InChI=1S/C16H25N3O2S/c1-3-18(11-14-5-4-10-22-14)12(2)16(21)19-8-6-13(7-9-19)15(17)20/h4-5,10,12-13H,3,6-9,11H2,1-2H3,(H2,17,20)/t12-/m1/s1. The topological polar surface area (TPSA) is 66.6 Å². The minimum Gasteiger partial charge on any atom is -0.369 e. The molecule has 0 radical (unpaired) electrons. The highest BCUT2D eigenvalue weighted by molar-refractivity contribution is 7.09. The van der Waals surface area contributed by atoms with Crippen molar-refractivity contribution in [3.05, 3.63) is 22.4 Å². The number of primary amides is 1. The van der Waals surface area contributed by atoms with Gasteiger partial charge in [0.2, 0.25) is 11.8 Å². The minimum absolute atomic E-state index is 0.0762. The molecular weight excluding hydrogens is 298 g/mol. The Hall–Kier alpha value is -1.40. The predicted molar refractivity (Wildman–Crippen MR) is 88.4 cm³/mol. The van der Waals surface area contributed by atoms with Crippen LogP contribution in [0, 0.1) is 5.92 Å². The van der Waals surface area contributed by atoms with Crippen molar-refractivity contribution in [3.63, 3.8) is 0 Å². The van der Waals surface area contributed by atoms with Crippen LogP contribution in [0.15, 0.2) is 17.5 Å². The van der Waals surface area contributed by atoms with E-state index in [0.29, 0.717) is 25.9 Å². The normalized spacial score (nSPS) is 17.7. The van der Waals surface area contributed by atoms with Crippen molar-refractivity contribution < 1.29 is 9.59 Å². The Kier molecular flexibility index (Phi) is 5.97. The Morgan fingerprint density at radius 1 is 1.45 bits per heavy atom. The van der Waals surface area contributed by atoms with Crippen LogP contribution in [0.3, 0.4) is 0 Å². The molecule has 0 saturated carbocycles. The number of carbonyl (C=O) groups is 2. The van der Waals surface area contributed by atoms with E-state index in [1.54, 1.807) is 11.3 Å². The van der Waals surface area contributed by atoms with Gasteiger partial charge in [-0.25, -0.2) is 0 Å². The summed E-state index contributed by atoms with van der Waals surface area (Å²) in [5.74, 6) is -0.165. The number of thiophene rings is 1. The smallest absolute Gasteiger partial charge is 0.239 e. The van der Waals surface area contributed by atoms with Gasteiger partial charge < -0.3 is 10.6 Å². The fourth-order valence-corrected chi connectivity index (χ4v) is 3.66. The summed E-state index contributed by atoms with van der Waals surface area (Å²) in [6, 6.07) is 4.00. The Morgan fingerprint density at radius 2 is 2.14 bits per heavy atom. The molecule has 6 heteroatoms. The maximum atomic E-state index is 12.7. The van der Waals surface area contributed by atoms with Gasteiger partial charge in [-0.1, -0.05) is 13.0 Å². The highest BCUT2D eigenvalue weighted by atomic mass is 32.1. The van der Waals surface area contributed by atoms with E-state index < -0.39 is 0 Å². The lowest BCUT2D eigenvalue weighted by Gasteiger charge is -2.35. The second kappa shape index (κ2) is 7.74. The first-order valence-corrected chi connectivity index (χ1v) is 8.75. The van der Waals surface area contributed by atoms with Gasteiger partial charge in [0.05, 0.1) is 6.04 Å². The lowest BCUT2D eigenvalue weighted by atomic mass is 9.96. The number of amides is 2. The first-order valence-electron chi connectivity index (χ1n) is 7.87. The first kappa shape index (κ1) is 17.0. The van der Waals surface area contributed by atoms with Gasteiger partial charge in [0, 0.05) is 30.4 Å². The number of nitrogens with two attached hydrogens (primary N) is 1. The highest BCUT2D eigenvalue weighted by Crippen LogP contribution is 2.19. The average molecular weight is 323 g/mol. The molecule has 0 unspecified atom stereocenters. The van der Waals surface area contributed by atoms with Gasteiger partial charge in [0.15, 0.2) is 0 Å². The van der Waals surface area contributed by atoms with Crippen LogP contribution in [-0.4, -0.2) is 47.3 Å². The van der Waals surface area contributed by atoms with E-state index >= 15 is 0 Å². The predicted octanol–water partition coefficient (Wildman–Crippen LogP) is 1.68. The summed E-state index contributed by atoms with van der Waals surface area (Å²) in [5.41, 5.74) is 5.34. The van der Waals surface area contributed by atoms with Gasteiger partial charge in [-0.15, -0.1) is 11.3 Å². The number of likely N-dealkylation sites (N-methyl/N-ethyl adjacent to an activating group) is 1. The molecular formula is C16H25N3O2S. The molecule has 1 aromatic heterocycles. The Balaban J connectivity index is 1.91. The number of carbonyl (C=O) groups excluding carboxylic acids is 2. The zero-order valence-corrected chi connectivity index (χ0v) is 14.1. The van der Waals surface area contributed by atoms with Crippen LogP contribution in [0.2, 0.25) is 0 Å². The Labute approximate surface area is 136 Å². The van der Waals surface area contributed by atoms with E-state index in [-0.39, 0.29) is 23.8 Å². The van der Waals surface area contributed by atoms with Crippen LogP contribution in [0.25, 0.3) is 0 Å². The molecule has 0 spiro atoms. The molecule has 2 heterocycles. The molecule has 5 nitrogen and oxygen atoms in total. The molecule has 1 saturated heterocycles. The lowest BCUT2D eigenvalue weighted by Crippen LogP contribution is -2.50. The summed E-state index contributed by atoms with van der Waals surface area (Å²) in [6.45, 7) is 6.96. The molecule has 2 amide bonds. The zero-order valence-electron chi connectivity index (χ0n) is 13.3. The van der Waals surface area contributed by atoms with Gasteiger partial charge in [0.1, 0.15) is 0 Å². The van der Waals surface area contributed by atoms with Crippen molar-refractivity contribution in [2.45, 2.75) is 39.3 Å². The molecule has 1 aliphatic rings. The van der Waals surface area contributed by atoms with Gasteiger partial charge >= 0.3 is 0 Å². The quantitative estimate of drug-likeness (QED) is 0.866. The maximum Gasteiger partial charge on any atom is 0.239 e. The third-order valence-electron chi connectivity index (χ3n) is 4.46. The fraction of sp³-hybridized carbons (Fsp3) is 0.625. The summed E-state index contributed by atoms with van der Waals surface area (Å²) in [6.07, 6.45) is 1.37. The van der Waals surface area contributed by atoms with Crippen LogP contribution in [-0.2, 0) is 16.1 Å². The number of piperidine rings is 1. The van der Waals surface area contributed by atoms with E-state index in [4.69, 9.17) is 5.73 Å². The number of likely N-dealkylation sites (tertiary alicyclic amines) is 1. The van der Waals surface area contributed by atoms with Gasteiger partial charge in [-0.05, 0) is 37.8 Å². The van der Waals surface area contributed by atoms with E-state index in [1.807, 2.05) is 17.9 Å². The molecule has 1 aromatic rings. The van der Waals surface area contributed by atoms with Gasteiger partial charge in [-0.3, -0.25) is 14.5 Å². The van der Waals surface area contributed by atoms with Crippen LogP contribution in [0.5, 0.6) is 0 Å². The van der Waals surface area contributed by atoms with Crippen LogP contribution in [0.1, 0.15) is 31.6 Å². The van der Waals surface area contributed by atoms with Crippen LogP contribution >= 0.6 is 11.3 Å². The Bertz CT molecular complexity index is 495. The summed E-state index contributed by atoms with van der Waals surface area (Å²) in [4.78, 5) is 29.2. The highest BCUT2D eigenvalue weighted by Gasteiger charge is 2.30. The molecule has 0 aliphatic carbocycles. The van der Waals surface area contributed by atoms with Crippen molar-refractivity contribution >= 4 is 23.2 Å². The monoisotopic (exact) mass is 323 g/mol. The molecule has 2 rings (SSSR count). The fourth-order valence-electron chi connectivity index (χ4n) is 2.93. The van der Waals surface area contributed by atoms with Crippen molar-refractivity contribution in [2.75, 3.05) is 19.6 Å². The van der Waals surface area contributed by atoms with E-state index in [9.17, 15) is 9.59 Å². The number of hydrogen-bond acceptors (Lipinski definition) is 4. The summed E-state index contributed by atoms with van der Waals surface area (Å²) >= 11 is 1.72. The third kappa shape index (κ3) is 4.08. The minimum atomic E-state index is -0.243. The maximum absolute atomic E-state index is 12.7. The molecule has 0 bridgehead atoms.